The first-order valence-corrected chi connectivity index (χ1v) is 14.4. The van der Waals surface area contributed by atoms with Gasteiger partial charge in [-0.05, 0) is 67.6 Å². The van der Waals surface area contributed by atoms with E-state index < -0.39 is 7.28 Å². The lowest BCUT2D eigenvalue weighted by molar-refractivity contribution is 0.571. The fourth-order valence-corrected chi connectivity index (χ4v) is 8.02. The van der Waals surface area contributed by atoms with Crippen LogP contribution in [0.5, 0.6) is 5.75 Å². The van der Waals surface area contributed by atoms with Gasteiger partial charge in [-0.2, -0.15) is 0 Å². The standard InChI is InChI=1S/C30H30BrN2OP/c1-5-33-28-14-10-9-13-26(28)27-21-25(19-20-29(27)33)35(30(2,3)4,32-23-11-7-6-8-12-23)34-24-17-15-22(31)16-18-24/h6-21H,5H2,1-4H3. The zero-order valence-corrected chi connectivity index (χ0v) is 23.1. The minimum absolute atomic E-state index is 0.243. The molecule has 35 heavy (non-hydrogen) atoms. The van der Waals surface area contributed by atoms with Gasteiger partial charge in [0.2, 0.25) is 0 Å². The minimum atomic E-state index is -2.57. The van der Waals surface area contributed by atoms with Gasteiger partial charge in [-0.3, -0.25) is 0 Å². The fourth-order valence-electron chi connectivity index (χ4n) is 4.68. The molecule has 0 aliphatic heterocycles. The zero-order valence-electron chi connectivity index (χ0n) is 20.6. The highest BCUT2D eigenvalue weighted by molar-refractivity contribution is 9.10. The summed E-state index contributed by atoms with van der Waals surface area (Å²) in [5.74, 6) is 0.826. The molecule has 0 aliphatic carbocycles. The van der Waals surface area contributed by atoms with Crippen molar-refractivity contribution in [2.45, 2.75) is 39.4 Å². The summed E-state index contributed by atoms with van der Waals surface area (Å²) >= 11 is 3.55. The zero-order chi connectivity index (χ0) is 24.6. The third kappa shape index (κ3) is 4.35. The number of fused-ring (bicyclic) bond motifs is 3. The summed E-state index contributed by atoms with van der Waals surface area (Å²) in [6.07, 6.45) is 0. The van der Waals surface area contributed by atoms with E-state index in [1.165, 1.54) is 21.8 Å². The highest BCUT2D eigenvalue weighted by Gasteiger charge is 2.39. The van der Waals surface area contributed by atoms with Gasteiger partial charge in [-0.1, -0.05) is 73.1 Å². The highest BCUT2D eigenvalue weighted by Crippen LogP contribution is 2.62. The maximum atomic E-state index is 7.02. The van der Waals surface area contributed by atoms with E-state index in [2.05, 4.69) is 103 Å². The molecule has 0 N–H and O–H groups in total. The number of nitrogens with zero attached hydrogens (tertiary/aromatic N) is 2. The first-order chi connectivity index (χ1) is 16.8. The van der Waals surface area contributed by atoms with Gasteiger partial charge in [0.05, 0.1) is 5.69 Å². The maximum absolute atomic E-state index is 7.02. The number of rotatable bonds is 5. The molecule has 1 aromatic heterocycles. The Labute approximate surface area is 216 Å². The topological polar surface area (TPSA) is 26.5 Å². The second kappa shape index (κ2) is 9.33. The van der Waals surface area contributed by atoms with Crippen molar-refractivity contribution in [1.82, 2.24) is 4.57 Å². The summed E-state index contributed by atoms with van der Waals surface area (Å²) in [6.45, 7) is 9.85. The number of aryl methyl sites for hydroxylation is 1. The maximum Gasteiger partial charge on any atom is 0.173 e. The van der Waals surface area contributed by atoms with Crippen LogP contribution >= 0.6 is 23.2 Å². The number of hydrogen-bond acceptors (Lipinski definition) is 2. The molecule has 3 nitrogen and oxygen atoms in total. The second-order valence-corrected chi connectivity index (χ2v) is 14.0. The molecule has 0 spiro atoms. The summed E-state index contributed by atoms with van der Waals surface area (Å²) < 4.78 is 15.9. The third-order valence-electron chi connectivity index (χ3n) is 6.40. The normalized spacial score (nSPS) is 13.6. The summed E-state index contributed by atoms with van der Waals surface area (Å²) in [6, 6.07) is 33.8. The van der Waals surface area contributed by atoms with Crippen molar-refractivity contribution >= 4 is 56.0 Å². The van der Waals surface area contributed by atoms with Crippen LogP contribution in [0.25, 0.3) is 21.8 Å². The Balaban J connectivity index is 1.83. The largest absolute Gasteiger partial charge is 0.455 e. The lowest BCUT2D eigenvalue weighted by atomic mass is 10.1. The van der Waals surface area contributed by atoms with Crippen LogP contribution in [0.2, 0.25) is 0 Å². The Kier molecular flexibility index (Phi) is 6.38. The van der Waals surface area contributed by atoms with Crippen molar-refractivity contribution in [2.75, 3.05) is 0 Å². The van der Waals surface area contributed by atoms with E-state index in [1.807, 2.05) is 42.5 Å². The van der Waals surface area contributed by atoms with Crippen LogP contribution in [-0.2, 0) is 6.54 Å². The molecule has 5 heteroatoms. The average molecular weight is 545 g/mol. The van der Waals surface area contributed by atoms with Crippen LogP contribution in [0, 0.1) is 0 Å². The van der Waals surface area contributed by atoms with E-state index in [1.54, 1.807) is 0 Å². The SMILES string of the molecule is CCn1c2ccccc2c2cc(P(=Nc3ccccc3)(Oc3ccc(Br)cc3)C(C)(C)C)ccc21. The van der Waals surface area contributed by atoms with E-state index in [0.29, 0.717) is 0 Å². The van der Waals surface area contributed by atoms with Crippen LogP contribution in [0.3, 0.4) is 0 Å². The summed E-state index contributed by atoms with van der Waals surface area (Å²) in [5.41, 5.74) is 3.44. The Bertz CT molecular complexity index is 1550. The van der Waals surface area contributed by atoms with Gasteiger partial charge in [0.25, 0.3) is 0 Å². The Morgan fingerprint density at radius 2 is 1.46 bits per heavy atom. The molecule has 1 heterocycles. The Morgan fingerprint density at radius 3 is 2.14 bits per heavy atom. The van der Waals surface area contributed by atoms with Crippen LogP contribution in [0.15, 0.2) is 106 Å². The van der Waals surface area contributed by atoms with Gasteiger partial charge in [0, 0.05) is 43.3 Å². The fraction of sp³-hybridized carbons (Fsp3) is 0.200. The van der Waals surface area contributed by atoms with Crippen molar-refractivity contribution in [2.24, 2.45) is 4.74 Å². The Morgan fingerprint density at radius 1 is 0.800 bits per heavy atom. The first-order valence-electron chi connectivity index (χ1n) is 12.0. The summed E-state index contributed by atoms with van der Waals surface area (Å²) in [4.78, 5) is 0. The molecule has 1 unspecified atom stereocenters. The molecule has 1 atom stereocenters. The van der Waals surface area contributed by atoms with Crippen LogP contribution in [-0.4, -0.2) is 9.72 Å². The van der Waals surface area contributed by atoms with Gasteiger partial charge in [-0.25, -0.2) is 4.74 Å². The van der Waals surface area contributed by atoms with Crippen molar-refractivity contribution < 1.29 is 4.52 Å². The van der Waals surface area contributed by atoms with Gasteiger partial charge >= 0.3 is 0 Å². The predicted octanol–water partition coefficient (Wildman–Crippen LogP) is 9.53. The molecular formula is C30H30BrN2OP. The molecule has 0 saturated heterocycles. The molecule has 0 bridgehead atoms. The quantitative estimate of drug-likeness (QED) is 0.202. The minimum Gasteiger partial charge on any atom is -0.455 e. The highest BCUT2D eigenvalue weighted by atomic mass is 79.9. The van der Waals surface area contributed by atoms with E-state index in [0.717, 1.165) is 27.8 Å². The molecular weight excluding hydrogens is 515 g/mol. The van der Waals surface area contributed by atoms with E-state index in [4.69, 9.17) is 9.27 Å². The molecule has 0 saturated carbocycles. The molecule has 4 aromatic carbocycles. The second-order valence-electron chi connectivity index (χ2n) is 9.69. The van der Waals surface area contributed by atoms with Gasteiger partial charge in [0.15, 0.2) is 7.28 Å². The molecule has 0 radical (unpaired) electrons. The van der Waals surface area contributed by atoms with Crippen LogP contribution in [0.4, 0.5) is 5.69 Å². The number of halogens is 1. The molecule has 5 aromatic rings. The van der Waals surface area contributed by atoms with Crippen LogP contribution < -0.4 is 9.83 Å². The average Bonchev–Trinajstić information content (AvgIpc) is 3.18. The number of para-hydroxylation sites is 1. The van der Waals surface area contributed by atoms with Crippen molar-refractivity contribution in [3.8, 4) is 5.75 Å². The molecule has 5 rings (SSSR count). The lowest BCUT2D eigenvalue weighted by Crippen LogP contribution is -2.27. The van der Waals surface area contributed by atoms with Crippen molar-refractivity contribution in [3.63, 3.8) is 0 Å². The van der Waals surface area contributed by atoms with Gasteiger partial charge < -0.3 is 9.09 Å². The lowest BCUT2D eigenvalue weighted by Gasteiger charge is -2.37. The number of aromatic nitrogens is 1. The third-order valence-corrected chi connectivity index (χ3v) is 10.7. The predicted molar refractivity (Wildman–Crippen MR) is 155 cm³/mol. The Hall–Kier alpha value is -2.81. The van der Waals surface area contributed by atoms with Gasteiger partial charge in [-0.15, -0.1) is 0 Å². The first kappa shape index (κ1) is 23.9. The van der Waals surface area contributed by atoms with Crippen molar-refractivity contribution in [1.29, 1.82) is 0 Å². The smallest absolute Gasteiger partial charge is 0.173 e. The monoisotopic (exact) mass is 544 g/mol. The van der Waals surface area contributed by atoms with E-state index in [9.17, 15) is 0 Å². The van der Waals surface area contributed by atoms with Crippen LogP contribution in [0.1, 0.15) is 27.7 Å². The number of benzene rings is 4. The van der Waals surface area contributed by atoms with Gasteiger partial charge in [0.1, 0.15) is 5.75 Å². The van der Waals surface area contributed by atoms with E-state index in [-0.39, 0.29) is 5.16 Å². The molecule has 0 amide bonds. The van der Waals surface area contributed by atoms with E-state index >= 15 is 0 Å². The van der Waals surface area contributed by atoms with Crippen molar-refractivity contribution in [3.05, 3.63) is 102 Å². The molecule has 0 aliphatic rings. The molecule has 0 fully saturated rings. The number of hydrogen-bond donors (Lipinski definition) is 0. The summed E-state index contributed by atoms with van der Waals surface area (Å²) in [7, 11) is -2.57. The summed E-state index contributed by atoms with van der Waals surface area (Å²) in [5, 5.41) is 3.41. The molecule has 178 valence electrons.